The number of benzene rings is 1. The fourth-order valence-corrected chi connectivity index (χ4v) is 5.40. The number of nitrogens with zero attached hydrogens (tertiary/aromatic N) is 3. The number of fused-ring (bicyclic) bond motifs is 1. The second-order valence-electron chi connectivity index (χ2n) is 7.53. The number of hydrogen-bond acceptors (Lipinski definition) is 5. The van der Waals surface area contributed by atoms with Gasteiger partial charge in [0.05, 0.1) is 10.1 Å². The molecular weight excluding hydrogens is 416 g/mol. The number of aromatic nitrogens is 2. The highest BCUT2D eigenvalue weighted by Crippen LogP contribution is 2.25. The molecule has 1 N–H and O–H groups in total. The Hall–Kier alpha value is -3.38. The van der Waals surface area contributed by atoms with E-state index in [-0.39, 0.29) is 23.3 Å². The smallest absolute Gasteiger partial charge is 0.261 e. The first-order valence-electron chi connectivity index (χ1n) is 9.98. The van der Waals surface area contributed by atoms with Gasteiger partial charge in [0.2, 0.25) is 5.91 Å². The van der Waals surface area contributed by atoms with Gasteiger partial charge in [0, 0.05) is 45.1 Å². The number of imidazole rings is 1. The van der Waals surface area contributed by atoms with Crippen molar-refractivity contribution < 1.29 is 18.0 Å². The minimum Gasteiger partial charge on any atom is -0.347 e. The molecule has 0 atom stereocenters. The quantitative estimate of drug-likeness (QED) is 0.653. The number of likely N-dealkylation sites (tertiary alicyclic amines) is 1. The summed E-state index contributed by atoms with van der Waals surface area (Å²) in [5, 5.41) is 2.31. The van der Waals surface area contributed by atoms with Gasteiger partial charge in [-0.05, 0) is 36.6 Å². The molecule has 4 rings (SSSR count). The molecule has 0 bridgehead atoms. The number of carbonyl (C=O) groups is 2. The van der Waals surface area contributed by atoms with Gasteiger partial charge in [-0.15, -0.1) is 0 Å². The monoisotopic (exact) mass is 438 g/mol. The standard InChI is InChI=1S/C22H22N4O4S/c1-16(27)25-11-8-20(9-12-25)31(29,30)19-5-2-17(3-6-19)14-24-22(28)18-4-7-21-23-10-13-26(21)15-18/h2-3,5-6,10,13,15,20H,8-9,11-12,14H2,1H3,(H,24,28). The maximum Gasteiger partial charge on any atom is 0.261 e. The van der Waals surface area contributed by atoms with E-state index in [4.69, 9.17) is 0 Å². The molecule has 160 valence electrons. The summed E-state index contributed by atoms with van der Waals surface area (Å²) < 4.78 is 27.5. The third kappa shape index (κ3) is 4.39. The lowest BCUT2D eigenvalue weighted by Crippen LogP contribution is -2.41. The summed E-state index contributed by atoms with van der Waals surface area (Å²) in [5.74, 6) is -0.330. The molecule has 1 saturated heterocycles. The predicted octanol–water partition coefficient (Wildman–Crippen LogP) is 1.65. The lowest BCUT2D eigenvalue weighted by atomic mass is 10.1. The normalized spacial score (nSPS) is 14.9. The van der Waals surface area contributed by atoms with E-state index < -0.39 is 15.1 Å². The van der Waals surface area contributed by atoms with Gasteiger partial charge < -0.3 is 10.2 Å². The van der Waals surface area contributed by atoms with Gasteiger partial charge >= 0.3 is 0 Å². The Balaban J connectivity index is 1.37. The molecular formula is C22H22N4O4S. The fourth-order valence-electron chi connectivity index (χ4n) is 3.67. The van der Waals surface area contributed by atoms with Crippen LogP contribution in [0.5, 0.6) is 0 Å². The van der Waals surface area contributed by atoms with Gasteiger partial charge in [-0.3, -0.25) is 14.0 Å². The number of amides is 2. The molecule has 0 aliphatic carbocycles. The highest BCUT2D eigenvalue weighted by atomic mass is 32.2. The Morgan fingerprint density at radius 3 is 2.55 bits per heavy atom. The van der Waals surface area contributed by atoms with Gasteiger partial charge in [0.15, 0.2) is 15.5 Å². The maximum absolute atomic E-state index is 12.9. The van der Waals surface area contributed by atoms with Crippen molar-refractivity contribution in [2.24, 2.45) is 0 Å². The molecule has 9 heteroatoms. The molecule has 1 aliphatic rings. The molecule has 2 aromatic heterocycles. The number of sulfone groups is 1. The van der Waals surface area contributed by atoms with Crippen LogP contribution in [0, 0.1) is 12.1 Å². The molecule has 1 fully saturated rings. The van der Waals surface area contributed by atoms with E-state index in [2.05, 4.69) is 22.4 Å². The molecule has 3 aromatic rings. The average molecular weight is 439 g/mol. The Kier molecular flexibility index (Phi) is 5.65. The number of piperidine rings is 1. The van der Waals surface area contributed by atoms with Crippen molar-refractivity contribution in [1.82, 2.24) is 19.6 Å². The Bertz CT molecular complexity index is 1210. The first-order valence-corrected chi connectivity index (χ1v) is 11.5. The van der Waals surface area contributed by atoms with E-state index in [1.807, 2.05) is 0 Å². The van der Waals surface area contributed by atoms with E-state index >= 15 is 0 Å². The van der Waals surface area contributed by atoms with E-state index in [1.165, 1.54) is 6.92 Å². The lowest BCUT2D eigenvalue weighted by Gasteiger charge is -2.31. The molecule has 0 spiro atoms. The van der Waals surface area contributed by atoms with Crippen LogP contribution in [0.1, 0.15) is 35.7 Å². The predicted molar refractivity (Wildman–Crippen MR) is 113 cm³/mol. The zero-order chi connectivity index (χ0) is 22.0. The molecule has 3 heterocycles. The molecule has 0 unspecified atom stereocenters. The van der Waals surface area contributed by atoms with Crippen LogP contribution in [0.25, 0.3) is 5.65 Å². The third-order valence-corrected chi connectivity index (χ3v) is 7.80. The number of carbonyl (C=O) groups excluding carboxylic acids is 2. The van der Waals surface area contributed by atoms with Crippen LogP contribution in [0.3, 0.4) is 0 Å². The summed E-state index contributed by atoms with van der Waals surface area (Å²) in [6, 6.07) is 12.2. The van der Waals surface area contributed by atoms with Crippen LogP contribution < -0.4 is 5.32 Å². The Morgan fingerprint density at radius 1 is 1.16 bits per heavy atom. The van der Waals surface area contributed by atoms with Gasteiger partial charge in [-0.2, -0.15) is 0 Å². The number of hydrogen-bond donors (Lipinski definition) is 1. The summed E-state index contributed by atoms with van der Waals surface area (Å²) in [6.07, 6.45) is 5.84. The summed E-state index contributed by atoms with van der Waals surface area (Å²) in [5.41, 5.74) is 1.70. The Morgan fingerprint density at radius 2 is 1.87 bits per heavy atom. The molecule has 2 amide bonds. The average Bonchev–Trinajstić information content (AvgIpc) is 3.25. The van der Waals surface area contributed by atoms with Gasteiger partial charge in [0.25, 0.3) is 5.91 Å². The second kappa shape index (κ2) is 8.40. The van der Waals surface area contributed by atoms with E-state index in [9.17, 15) is 18.0 Å². The van der Waals surface area contributed by atoms with Crippen molar-refractivity contribution in [3.05, 3.63) is 66.1 Å². The van der Waals surface area contributed by atoms with Gasteiger partial charge in [0.1, 0.15) is 5.56 Å². The molecule has 0 saturated carbocycles. The van der Waals surface area contributed by atoms with Gasteiger partial charge in [-0.25, -0.2) is 13.4 Å². The minimum absolute atomic E-state index is 0.0253. The molecule has 31 heavy (non-hydrogen) atoms. The van der Waals surface area contributed by atoms with Crippen LogP contribution in [0.4, 0.5) is 0 Å². The van der Waals surface area contributed by atoms with E-state index in [0.29, 0.717) is 37.1 Å². The summed E-state index contributed by atoms with van der Waals surface area (Å²) in [4.78, 5) is 29.8. The van der Waals surface area contributed by atoms with Crippen LogP contribution in [-0.4, -0.2) is 52.9 Å². The van der Waals surface area contributed by atoms with Crippen molar-refractivity contribution >= 4 is 27.3 Å². The third-order valence-electron chi connectivity index (χ3n) is 5.52. The summed E-state index contributed by atoms with van der Waals surface area (Å²) in [6.45, 7) is 2.68. The Labute approximate surface area is 180 Å². The number of rotatable bonds is 5. The fraction of sp³-hybridized carbons (Fsp3) is 0.318. The van der Waals surface area contributed by atoms with Crippen LogP contribution in [0.15, 0.2) is 47.8 Å². The number of nitrogens with one attached hydrogen (secondary N) is 1. The van der Waals surface area contributed by atoms with Crippen LogP contribution in [-0.2, 0) is 21.2 Å². The van der Waals surface area contributed by atoms with Crippen molar-refractivity contribution in [2.75, 3.05) is 13.1 Å². The zero-order valence-electron chi connectivity index (χ0n) is 17.0. The van der Waals surface area contributed by atoms with Crippen molar-refractivity contribution in [1.29, 1.82) is 0 Å². The SMILES string of the molecule is CC(=O)N1CCC(S(=O)(=O)c2ccc(CNC(=O)c3c#cc4nccn4c3)cc2)CC1. The van der Waals surface area contributed by atoms with Crippen molar-refractivity contribution in [3.63, 3.8) is 0 Å². The lowest BCUT2D eigenvalue weighted by molar-refractivity contribution is -0.129. The van der Waals surface area contributed by atoms with Crippen molar-refractivity contribution in [3.8, 4) is 0 Å². The van der Waals surface area contributed by atoms with E-state index in [1.54, 1.807) is 52.2 Å². The highest BCUT2D eigenvalue weighted by Gasteiger charge is 2.31. The first-order chi connectivity index (χ1) is 14.8. The minimum atomic E-state index is -3.46. The highest BCUT2D eigenvalue weighted by molar-refractivity contribution is 7.92. The van der Waals surface area contributed by atoms with Gasteiger partial charge in [-0.1, -0.05) is 18.2 Å². The molecule has 1 aromatic carbocycles. The topological polar surface area (TPSA) is 101 Å². The van der Waals surface area contributed by atoms with Crippen LogP contribution in [0.2, 0.25) is 0 Å². The molecule has 8 nitrogen and oxygen atoms in total. The van der Waals surface area contributed by atoms with E-state index in [0.717, 1.165) is 5.56 Å². The summed E-state index contributed by atoms with van der Waals surface area (Å²) in [7, 11) is -3.46. The zero-order valence-corrected chi connectivity index (χ0v) is 17.9. The van der Waals surface area contributed by atoms with Crippen molar-refractivity contribution in [2.45, 2.75) is 36.5 Å². The largest absolute Gasteiger partial charge is 0.347 e. The first kappa shape index (κ1) is 20.9. The summed E-state index contributed by atoms with van der Waals surface area (Å²) >= 11 is 0. The maximum atomic E-state index is 12.9. The molecule has 1 aliphatic heterocycles. The molecule has 0 radical (unpaired) electrons. The second-order valence-corrected chi connectivity index (χ2v) is 9.76. The van der Waals surface area contributed by atoms with Crippen LogP contribution >= 0.6 is 0 Å².